The van der Waals surface area contributed by atoms with Crippen LogP contribution in [-0.4, -0.2) is 4.98 Å². The van der Waals surface area contributed by atoms with Crippen LogP contribution in [0.5, 0.6) is 23.0 Å². The van der Waals surface area contributed by atoms with Crippen LogP contribution < -0.4 is 9.47 Å². The van der Waals surface area contributed by atoms with Crippen LogP contribution in [0.3, 0.4) is 0 Å². The van der Waals surface area contributed by atoms with Gasteiger partial charge in [-0.25, -0.2) is 0 Å². The van der Waals surface area contributed by atoms with Crippen molar-refractivity contribution in [2.75, 3.05) is 0 Å². The van der Waals surface area contributed by atoms with E-state index in [4.69, 9.17) is 14.5 Å². The molecule has 0 unspecified atom stereocenters. The van der Waals surface area contributed by atoms with E-state index < -0.39 is 0 Å². The number of nitrogens with zero attached hydrogens (tertiary/aromatic N) is 1. The van der Waals surface area contributed by atoms with Gasteiger partial charge in [-0.2, -0.15) is 0 Å². The van der Waals surface area contributed by atoms with Crippen molar-refractivity contribution in [1.29, 1.82) is 0 Å². The quantitative estimate of drug-likeness (QED) is 0.220. The highest BCUT2D eigenvalue weighted by molar-refractivity contribution is 6.21. The van der Waals surface area contributed by atoms with Gasteiger partial charge in [-0.1, -0.05) is 103 Å². The summed E-state index contributed by atoms with van der Waals surface area (Å²) in [5, 5.41) is 4.83. The number of hydrogen-bond donors (Lipinski definition) is 0. The second kappa shape index (κ2) is 9.11. The molecule has 188 valence electrons. The van der Waals surface area contributed by atoms with Gasteiger partial charge in [-0.15, -0.1) is 0 Å². The number of aromatic nitrogens is 1. The maximum atomic E-state index is 6.13. The Morgan fingerprint density at radius 2 is 0.900 bits per heavy atom. The average molecular weight is 514 g/mol. The van der Waals surface area contributed by atoms with Gasteiger partial charge in [-0.05, 0) is 68.6 Å². The molecule has 0 N–H and O–H groups in total. The van der Waals surface area contributed by atoms with Crippen LogP contribution in [-0.2, 0) is 0 Å². The van der Waals surface area contributed by atoms with Gasteiger partial charge >= 0.3 is 0 Å². The van der Waals surface area contributed by atoms with E-state index in [0.29, 0.717) is 11.5 Å². The zero-order valence-corrected chi connectivity index (χ0v) is 21.5. The van der Waals surface area contributed by atoms with E-state index in [1.807, 2.05) is 48.7 Å². The first kappa shape index (κ1) is 22.6. The smallest absolute Gasteiger partial charge is 0.170 e. The predicted molar refractivity (Wildman–Crippen MR) is 162 cm³/mol. The fourth-order valence-electron chi connectivity index (χ4n) is 5.74. The molecule has 0 fully saturated rings. The van der Waals surface area contributed by atoms with Crippen LogP contribution in [0.25, 0.3) is 55.1 Å². The molecule has 0 atom stereocenters. The Morgan fingerprint density at radius 3 is 1.52 bits per heavy atom. The summed E-state index contributed by atoms with van der Waals surface area (Å²) >= 11 is 0. The fourth-order valence-corrected chi connectivity index (χ4v) is 5.74. The van der Waals surface area contributed by atoms with Crippen molar-refractivity contribution in [3.05, 3.63) is 140 Å². The number of pyridine rings is 1. The SMILES string of the molecule is c1ccc(-c2c3ccccc3c(-c3ccc(-c4ccc5c(c4)Oc4ccccc4O5)cn3)c3ccccc23)cc1. The highest BCUT2D eigenvalue weighted by atomic mass is 16.6. The Bertz CT molecular complexity index is 1990. The van der Waals surface area contributed by atoms with Gasteiger partial charge in [0.05, 0.1) is 5.69 Å². The van der Waals surface area contributed by atoms with Crippen LogP contribution >= 0.6 is 0 Å². The van der Waals surface area contributed by atoms with Crippen molar-refractivity contribution in [2.24, 2.45) is 0 Å². The van der Waals surface area contributed by atoms with Gasteiger partial charge in [0.15, 0.2) is 23.0 Å². The molecule has 0 spiro atoms. The van der Waals surface area contributed by atoms with E-state index in [1.54, 1.807) is 0 Å². The van der Waals surface area contributed by atoms with E-state index in [2.05, 4.69) is 91.0 Å². The Balaban J connectivity index is 1.25. The third kappa shape index (κ3) is 3.63. The molecule has 2 heterocycles. The minimum atomic E-state index is 0.703. The average Bonchev–Trinajstić information content (AvgIpc) is 3.03. The number of benzene rings is 6. The molecule has 7 aromatic rings. The van der Waals surface area contributed by atoms with E-state index >= 15 is 0 Å². The van der Waals surface area contributed by atoms with Crippen LogP contribution in [0.2, 0.25) is 0 Å². The maximum absolute atomic E-state index is 6.13. The Kier molecular flexibility index (Phi) is 5.14. The number of fused-ring (bicyclic) bond motifs is 4. The molecule has 3 nitrogen and oxygen atoms in total. The lowest BCUT2D eigenvalue weighted by molar-refractivity contribution is 0.360. The zero-order chi connectivity index (χ0) is 26.5. The number of para-hydroxylation sites is 2. The van der Waals surface area contributed by atoms with Crippen molar-refractivity contribution < 1.29 is 9.47 Å². The third-order valence-electron chi connectivity index (χ3n) is 7.58. The molecule has 0 saturated heterocycles. The summed E-state index contributed by atoms with van der Waals surface area (Å²) in [7, 11) is 0. The fraction of sp³-hybridized carbons (Fsp3) is 0. The van der Waals surface area contributed by atoms with E-state index in [-0.39, 0.29) is 0 Å². The number of rotatable bonds is 3. The van der Waals surface area contributed by atoms with Crippen molar-refractivity contribution in [3.8, 4) is 56.5 Å². The molecule has 3 heteroatoms. The number of ether oxygens (including phenoxy) is 2. The van der Waals surface area contributed by atoms with Gasteiger partial charge in [0.2, 0.25) is 0 Å². The van der Waals surface area contributed by atoms with Crippen molar-refractivity contribution >= 4 is 21.5 Å². The standard InChI is InChI=1S/C37H23NO2/c1-2-10-24(11-3-1)36-27-12-4-6-14-29(27)37(30-15-7-5-13-28(30)36)31-20-18-26(23-38-31)25-19-21-34-35(22-25)40-33-17-9-8-16-32(33)39-34/h1-23H. The molecular weight excluding hydrogens is 490 g/mol. The van der Waals surface area contributed by atoms with Crippen molar-refractivity contribution in [2.45, 2.75) is 0 Å². The summed E-state index contributed by atoms with van der Waals surface area (Å²) in [6, 6.07) is 45.9. The molecule has 0 amide bonds. The van der Waals surface area contributed by atoms with E-state index in [9.17, 15) is 0 Å². The first-order valence-electron chi connectivity index (χ1n) is 13.4. The van der Waals surface area contributed by atoms with Gasteiger partial charge in [-0.3, -0.25) is 4.98 Å². The normalized spacial score (nSPS) is 11.9. The molecule has 1 aliphatic heterocycles. The van der Waals surface area contributed by atoms with Crippen molar-refractivity contribution in [1.82, 2.24) is 4.98 Å². The monoisotopic (exact) mass is 513 g/mol. The second-order valence-corrected chi connectivity index (χ2v) is 9.95. The first-order chi connectivity index (χ1) is 19.8. The lowest BCUT2D eigenvalue weighted by Gasteiger charge is -2.21. The van der Waals surface area contributed by atoms with Gasteiger partial charge < -0.3 is 9.47 Å². The van der Waals surface area contributed by atoms with Gasteiger partial charge in [0, 0.05) is 17.3 Å². The topological polar surface area (TPSA) is 31.4 Å². The maximum Gasteiger partial charge on any atom is 0.170 e. The summed E-state index contributed by atoms with van der Waals surface area (Å²) in [5.74, 6) is 2.86. The Morgan fingerprint density at radius 1 is 0.375 bits per heavy atom. The second-order valence-electron chi connectivity index (χ2n) is 9.95. The summed E-state index contributed by atoms with van der Waals surface area (Å²) in [6.45, 7) is 0. The minimum absolute atomic E-state index is 0.703. The highest BCUT2D eigenvalue weighted by Crippen LogP contribution is 2.47. The lowest BCUT2D eigenvalue weighted by Crippen LogP contribution is -1.98. The largest absolute Gasteiger partial charge is 0.450 e. The lowest BCUT2D eigenvalue weighted by atomic mass is 9.87. The molecule has 1 aliphatic rings. The molecule has 6 aromatic carbocycles. The molecule has 1 aromatic heterocycles. The molecule has 0 aliphatic carbocycles. The Labute approximate surface area is 231 Å². The van der Waals surface area contributed by atoms with Gasteiger partial charge in [0.1, 0.15) is 0 Å². The summed E-state index contributed by atoms with van der Waals surface area (Å²) in [6.07, 6.45) is 1.95. The van der Waals surface area contributed by atoms with E-state index in [1.165, 1.54) is 32.7 Å². The third-order valence-corrected chi connectivity index (χ3v) is 7.58. The summed E-state index contributed by atoms with van der Waals surface area (Å²) < 4.78 is 12.2. The summed E-state index contributed by atoms with van der Waals surface area (Å²) in [4.78, 5) is 5.00. The molecule has 0 radical (unpaired) electrons. The Hall–Kier alpha value is -5.41. The molecule has 0 saturated carbocycles. The van der Waals surface area contributed by atoms with Gasteiger partial charge in [0.25, 0.3) is 0 Å². The molecular formula is C37H23NO2. The summed E-state index contributed by atoms with van der Waals surface area (Å²) in [5.41, 5.74) is 6.60. The first-order valence-corrected chi connectivity index (χ1v) is 13.4. The van der Waals surface area contributed by atoms with Crippen LogP contribution in [0.15, 0.2) is 140 Å². The highest BCUT2D eigenvalue weighted by Gasteiger charge is 2.20. The number of hydrogen-bond acceptors (Lipinski definition) is 3. The van der Waals surface area contributed by atoms with Crippen LogP contribution in [0.1, 0.15) is 0 Å². The van der Waals surface area contributed by atoms with Crippen molar-refractivity contribution in [3.63, 3.8) is 0 Å². The molecule has 0 bridgehead atoms. The predicted octanol–water partition coefficient (Wildman–Crippen LogP) is 10.3. The van der Waals surface area contributed by atoms with Crippen LogP contribution in [0.4, 0.5) is 0 Å². The van der Waals surface area contributed by atoms with Crippen LogP contribution in [0, 0.1) is 0 Å². The zero-order valence-electron chi connectivity index (χ0n) is 21.5. The molecule has 8 rings (SSSR count). The van der Waals surface area contributed by atoms with E-state index in [0.717, 1.165) is 33.9 Å². The minimum Gasteiger partial charge on any atom is -0.450 e. The molecule has 40 heavy (non-hydrogen) atoms.